The molecule has 0 atom stereocenters. The molecular formula is C25H26FN3O. The number of likely N-dealkylation sites (tertiary alicyclic amines) is 1. The minimum atomic E-state index is -0.162. The molecule has 0 spiro atoms. The van der Waals surface area contributed by atoms with Crippen LogP contribution in [0.4, 0.5) is 10.1 Å². The van der Waals surface area contributed by atoms with E-state index >= 15 is 0 Å². The van der Waals surface area contributed by atoms with Crippen molar-refractivity contribution in [3.05, 3.63) is 95.6 Å². The third-order valence-corrected chi connectivity index (χ3v) is 5.69. The summed E-state index contributed by atoms with van der Waals surface area (Å²) in [5.41, 5.74) is 3.95. The number of hydrogen-bond acceptors (Lipinski definition) is 3. The Labute approximate surface area is 176 Å². The van der Waals surface area contributed by atoms with Crippen molar-refractivity contribution in [1.82, 2.24) is 9.88 Å². The van der Waals surface area contributed by atoms with Gasteiger partial charge < -0.3 is 5.32 Å². The molecule has 1 aromatic heterocycles. The van der Waals surface area contributed by atoms with Crippen LogP contribution in [-0.4, -0.2) is 28.9 Å². The van der Waals surface area contributed by atoms with Crippen molar-refractivity contribution >= 4 is 11.6 Å². The molecular weight excluding hydrogens is 377 g/mol. The first-order chi connectivity index (χ1) is 14.7. The molecule has 0 unspecified atom stereocenters. The van der Waals surface area contributed by atoms with Gasteiger partial charge in [-0.3, -0.25) is 14.7 Å². The van der Waals surface area contributed by atoms with Gasteiger partial charge in [0.1, 0.15) is 5.82 Å². The van der Waals surface area contributed by atoms with Gasteiger partial charge in [-0.15, -0.1) is 0 Å². The van der Waals surface area contributed by atoms with Crippen molar-refractivity contribution in [3.8, 4) is 0 Å². The number of benzene rings is 2. The van der Waals surface area contributed by atoms with E-state index in [2.05, 4.69) is 15.2 Å². The summed E-state index contributed by atoms with van der Waals surface area (Å²) in [6, 6.07) is 18.9. The SMILES string of the molecule is O=C(Nc1ccc(Cc2ccncc2)cc1)C1CCN(Cc2ccccc2F)CC1. The molecule has 1 fully saturated rings. The van der Waals surface area contributed by atoms with Gasteiger partial charge in [-0.25, -0.2) is 4.39 Å². The predicted molar refractivity (Wildman–Crippen MR) is 117 cm³/mol. The zero-order chi connectivity index (χ0) is 20.8. The second-order valence-corrected chi connectivity index (χ2v) is 7.86. The Morgan fingerprint density at radius 1 is 0.967 bits per heavy atom. The van der Waals surface area contributed by atoms with Crippen LogP contribution in [-0.2, 0) is 17.8 Å². The van der Waals surface area contributed by atoms with Crippen molar-refractivity contribution in [2.75, 3.05) is 18.4 Å². The number of nitrogens with zero attached hydrogens (tertiary/aromatic N) is 2. The number of amides is 1. The van der Waals surface area contributed by atoms with Crippen LogP contribution in [0.15, 0.2) is 73.1 Å². The summed E-state index contributed by atoms with van der Waals surface area (Å²) in [5, 5.41) is 3.05. The molecule has 1 aliphatic rings. The molecule has 1 aliphatic heterocycles. The second-order valence-electron chi connectivity index (χ2n) is 7.86. The number of pyridine rings is 1. The van der Waals surface area contributed by atoms with Gasteiger partial charge in [-0.2, -0.15) is 0 Å². The highest BCUT2D eigenvalue weighted by Crippen LogP contribution is 2.22. The highest BCUT2D eigenvalue weighted by molar-refractivity contribution is 5.92. The second kappa shape index (κ2) is 9.63. The fourth-order valence-corrected chi connectivity index (χ4v) is 3.91. The Morgan fingerprint density at radius 2 is 1.63 bits per heavy atom. The standard InChI is InChI=1S/C25H26FN3O/c26-24-4-2-1-3-22(24)18-29-15-11-21(12-16-29)25(30)28-23-7-5-19(6-8-23)17-20-9-13-27-14-10-20/h1-10,13-14,21H,11-12,15-18H2,(H,28,30). The highest BCUT2D eigenvalue weighted by Gasteiger charge is 2.25. The van der Waals surface area contributed by atoms with Gasteiger partial charge in [0.25, 0.3) is 0 Å². The maximum absolute atomic E-state index is 13.8. The quantitative estimate of drug-likeness (QED) is 0.651. The van der Waals surface area contributed by atoms with Crippen molar-refractivity contribution < 1.29 is 9.18 Å². The van der Waals surface area contributed by atoms with E-state index in [-0.39, 0.29) is 17.6 Å². The van der Waals surface area contributed by atoms with Gasteiger partial charge >= 0.3 is 0 Å². The molecule has 1 N–H and O–H groups in total. The smallest absolute Gasteiger partial charge is 0.227 e. The zero-order valence-electron chi connectivity index (χ0n) is 16.9. The van der Waals surface area contributed by atoms with E-state index in [0.717, 1.165) is 38.0 Å². The lowest BCUT2D eigenvalue weighted by atomic mass is 9.95. The highest BCUT2D eigenvalue weighted by atomic mass is 19.1. The molecule has 2 aromatic carbocycles. The van der Waals surface area contributed by atoms with Gasteiger partial charge in [-0.1, -0.05) is 30.3 Å². The largest absolute Gasteiger partial charge is 0.326 e. The number of piperidine rings is 1. The van der Waals surface area contributed by atoms with E-state index in [4.69, 9.17) is 0 Å². The molecule has 4 nitrogen and oxygen atoms in total. The molecule has 1 amide bonds. The van der Waals surface area contributed by atoms with Gasteiger partial charge in [-0.05, 0) is 73.8 Å². The Hall–Kier alpha value is -3.05. The van der Waals surface area contributed by atoms with Crippen LogP contribution in [0.3, 0.4) is 0 Å². The van der Waals surface area contributed by atoms with E-state index < -0.39 is 0 Å². The van der Waals surface area contributed by atoms with Crippen LogP contribution in [0, 0.1) is 11.7 Å². The maximum atomic E-state index is 13.8. The molecule has 2 heterocycles. The molecule has 5 heteroatoms. The number of anilines is 1. The average molecular weight is 404 g/mol. The van der Waals surface area contributed by atoms with Crippen molar-refractivity contribution in [2.45, 2.75) is 25.8 Å². The van der Waals surface area contributed by atoms with Crippen LogP contribution in [0.25, 0.3) is 0 Å². The fraction of sp³-hybridized carbons (Fsp3) is 0.280. The number of hydrogen-bond donors (Lipinski definition) is 1. The lowest BCUT2D eigenvalue weighted by Crippen LogP contribution is -2.37. The Kier molecular flexibility index (Phi) is 6.50. The van der Waals surface area contributed by atoms with Crippen LogP contribution in [0.1, 0.15) is 29.5 Å². The maximum Gasteiger partial charge on any atom is 0.227 e. The first kappa shape index (κ1) is 20.2. The summed E-state index contributed by atoms with van der Waals surface area (Å²) in [6.07, 6.45) is 6.02. The van der Waals surface area contributed by atoms with E-state index in [1.54, 1.807) is 18.5 Å². The zero-order valence-corrected chi connectivity index (χ0v) is 16.9. The van der Waals surface area contributed by atoms with Crippen molar-refractivity contribution in [1.29, 1.82) is 0 Å². The minimum absolute atomic E-state index is 0.00151. The molecule has 4 rings (SSSR count). The summed E-state index contributed by atoms with van der Waals surface area (Å²) in [4.78, 5) is 18.9. The van der Waals surface area contributed by atoms with E-state index in [9.17, 15) is 9.18 Å². The number of rotatable bonds is 6. The molecule has 0 radical (unpaired) electrons. The summed E-state index contributed by atoms with van der Waals surface area (Å²) in [7, 11) is 0. The van der Waals surface area contributed by atoms with E-state index in [1.165, 1.54) is 17.2 Å². The Balaban J connectivity index is 1.26. The number of halogens is 1. The molecule has 0 saturated carbocycles. The van der Waals surface area contributed by atoms with Crippen molar-refractivity contribution in [3.63, 3.8) is 0 Å². The summed E-state index contributed by atoms with van der Waals surface area (Å²) < 4.78 is 13.8. The monoisotopic (exact) mass is 403 g/mol. The molecule has 154 valence electrons. The van der Waals surface area contributed by atoms with Gasteiger partial charge in [0.05, 0.1) is 0 Å². The van der Waals surface area contributed by atoms with Gasteiger partial charge in [0.15, 0.2) is 0 Å². The average Bonchev–Trinajstić information content (AvgIpc) is 2.78. The molecule has 3 aromatic rings. The molecule has 0 aliphatic carbocycles. The summed E-state index contributed by atoms with van der Waals surface area (Å²) in [6.45, 7) is 2.20. The Morgan fingerprint density at radius 3 is 2.33 bits per heavy atom. The first-order valence-corrected chi connectivity index (χ1v) is 10.4. The topological polar surface area (TPSA) is 45.2 Å². The van der Waals surface area contributed by atoms with Crippen molar-refractivity contribution in [2.24, 2.45) is 5.92 Å². The third kappa shape index (κ3) is 5.30. The molecule has 30 heavy (non-hydrogen) atoms. The van der Waals surface area contributed by atoms with Crippen LogP contribution >= 0.6 is 0 Å². The fourth-order valence-electron chi connectivity index (χ4n) is 3.91. The number of aromatic nitrogens is 1. The third-order valence-electron chi connectivity index (χ3n) is 5.69. The summed E-state index contributed by atoms with van der Waals surface area (Å²) >= 11 is 0. The van der Waals surface area contributed by atoms with Crippen LogP contribution in [0.2, 0.25) is 0 Å². The number of carbonyl (C=O) groups is 1. The lowest BCUT2D eigenvalue weighted by molar-refractivity contribution is -0.121. The predicted octanol–water partition coefficient (Wildman–Crippen LogP) is 4.66. The summed E-state index contributed by atoms with van der Waals surface area (Å²) in [5.74, 6) is -0.0921. The lowest BCUT2D eigenvalue weighted by Gasteiger charge is -2.31. The van der Waals surface area contributed by atoms with Crippen LogP contribution < -0.4 is 5.32 Å². The molecule has 0 bridgehead atoms. The van der Waals surface area contributed by atoms with E-state index in [1.807, 2.05) is 48.5 Å². The van der Waals surface area contributed by atoms with Gasteiger partial charge in [0, 0.05) is 36.1 Å². The number of carbonyl (C=O) groups excluding carboxylic acids is 1. The Bertz CT molecular complexity index is 967. The normalized spacial score (nSPS) is 15.1. The van der Waals surface area contributed by atoms with Gasteiger partial charge in [0.2, 0.25) is 5.91 Å². The number of nitrogens with one attached hydrogen (secondary N) is 1. The molecule has 1 saturated heterocycles. The minimum Gasteiger partial charge on any atom is -0.326 e. The van der Waals surface area contributed by atoms with Crippen LogP contribution in [0.5, 0.6) is 0 Å². The first-order valence-electron chi connectivity index (χ1n) is 10.4. The van der Waals surface area contributed by atoms with E-state index in [0.29, 0.717) is 12.1 Å².